The second-order valence-corrected chi connectivity index (χ2v) is 4.96. The molecule has 0 atom stereocenters. The SMILES string of the molecule is COC1(c2noc(C(C)(C)N)n2)CCOCC1. The summed E-state index contributed by atoms with van der Waals surface area (Å²) in [4.78, 5) is 4.36. The molecular weight excluding hydrogens is 222 g/mol. The van der Waals surface area contributed by atoms with Gasteiger partial charge in [0, 0.05) is 33.2 Å². The minimum absolute atomic E-state index is 0.426. The molecule has 96 valence electrons. The van der Waals surface area contributed by atoms with E-state index in [1.165, 1.54) is 0 Å². The van der Waals surface area contributed by atoms with Crippen molar-refractivity contribution in [3.63, 3.8) is 0 Å². The van der Waals surface area contributed by atoms with Crippen molar-refractivity contribution in [3.05, 3.63) is 11.7 Å². The number of nitrogens with two attached hydrogens (primary N) is 1. The van der Waals surface area contributed by atoms with Crippen molar-refractivity contribution in [1.82, 2.24) is 10.1 Å². The van der Waals surface area contributed by atoms with Gasteiger partial charge in [-0.15, -0.1) is 0 Å². The number of rotatable bonds is 3. The Labute approximate surface area is 100 Å². The summed E-state index contributed by atoms with van der Waals surface area (Å²) in [5.41, 5.74) is 4.79. The average molecular weight is 241 g/mol. The van der Waals surface area contributed by atoms with Crippen molar-refractivity contribution in [2.45, 2.75) is 37.8 Å². The molecule has 0 amide bonds. The van der Waals surface area contributed by atoms with Crippen LogP contribution in [0.15, 0.2) is 4.52 Å². The van der Waals surface area contributed by atoms with Crippen LogP contribution in [0.1, 0.15) is 38.4 Å². The number of nitrogens with zero attached hydrogens (tertiary/aromatic N) is 2. The number of methoxy groups -OCH3 is 1. The third-order valence-corrected chi connectivity index (χ3v) is 3.08. The third kappa shape index (κ3) is 2.34. The standard InChI is InChI=1S/C11H19N3O3/c1-10(2,12)9-13-8(14-17-9)11(15-3)4-6-16-7-5-11/h4-7,12H2,1-3H3. The van der Waals surface area contributed by atoms with Gasteiger partial charge in [0.15, 0.2) is 0 Å². The molecular formula is C11H19N3O3. The molecule has 1 saturated heterocycles. The zero-order valence-electron chi connectivity index (χ0n) is 10.5. The van der Waals surface area contributed by atoms with Crippen molar-refractivity contribution in [2.24, 2.45) is 5.73 Å². The Morgan fingerprint density at radius 2 is 2.00 bits per heavy atom. The average Bonchev–Trinajstić information content (AvgIpc) is 2.79. The Morgan fingerprint density at radius 1 is 1.35 bits per heavy atom. The molecule has 6 nitrogen and oxygen atoms in total. The molecule has 0 aromatic carbocycles. The van der Waals surface area contributed by atoms with E-state index in [1.54, 1.807) is 7.11 Å². The molecule has 0 radical (unpaired) electrons. The first-order valence-corrected chi connectivity index (χ1v) is 5.74. The van der Waals surface area contributed by atoms with Gasteiger partial charge < -0.3 is 19.7 Å². The lowest BCUT2D eigenvalue weighted by atomic mass is 9.93. The number of ether oxygens (including phenoxy) is 2. The smallest absolute Gasteiger partial charge is 0.246 e. The summed E-state index contributed by atoms with van der Waals surface area (Å²) >= 11 is 0. The lowest BCUT2D eigenvalue weighted by Crippen LogP contribution is -2.37. The van der Waals surface area contributed by atoms with Gasteiger partial charge in [-0.1, -0.05) is 5.16 Å². The Kier molecular flexibility index (Phi) is 3.20. The molecule has 1 aliphatic rings. The Hall–Kier alpha value is -0.980. The van der Waals surface area contributed by atoms with Gasteiger partial charge in [0.1, 0.15) is 5.60 Å². The van der Waals surface area contributed by atoms with Gasteiger partial charge in [-0.3, -0.25) is 0 Å². The predicted molar refractivity (Wildman–Crippen MR) is 60.3 cm³/mol. The normalized spacial score (nSPS) is 20.5. The highest BCUT2D eigenvalue weighted by atomic mass is 16.5. The van der Waals surface area contributed by atoms with E-state index in [2.05, 4.69) is 10.1 Å². The maximum absolute atomic E-state index is 5.92. The van der Waals surface area contributed by atoms with Crippen LogP contribution in [0.5, 0.6) is 0 Å². The largest absolute Gasteiger partial charge is 0.381 e. The summed E-state index contributed by atoms with van der Waals surface area (Å²) < 4.78 is 16.1. The zero-order chi connectivity index (χ0) is 12.5. The molecule has 0 bridgehead atoms. The molecule has 2 N–H and O–H groups in total. The van der Waals surface area contributed by atoms with Crippen LogP contribution >= 0.6 is 0 Å². The van der Waals surface area contributed by atoms with Crippen LogP contribution in [0.25, 0.3) is 0 Å². The molecule has 0 aliphatic carbocycles. The molecule has 2 rings (SSSR count). The molecule has 0 unspecified atom stereocenters. The van der Waals surface area contributed by atoms with Gasteiger partial charge in [0.25, 0.3) is 0 Å². The van der Waals surface area contributed by atoms with Gasteiger partial charge in [-0.05, 0) is 13.8 Å². The maximum Gasteiger partial charge on any atom is 0.246 e. The van der Waals surface area contributed by atoms with E-state index in [9.17, 15) is 0 Å². The van der Waals surface area contributed by atoms with Crippen LogP contribution in [0.3, 0.4) is 0 Å². The molecule has 1 fully saturated rings. The first-order chi connectivity index (χ1) is 7.98. The van der Waals surface area contributed by atoms with Gasteiger partial charge in [0.2, 0.25) is 11.7 Å². The fourth-order valence-electron chi connectivity index (χ4n) is 1.89. The number of hydrogen-bond donors (Lipinski definition) is 1. The second-order valence-electron chi connectivity index (χ2n) is 4.96. The van der Waals surface area contributed by atoms with Crippen molar-refractivity contribution < 1.29 is 14.0 Å². The molecule has 1 aliphatic heterocycles. The van der Waals surface area contributed by atoms with Crippen LogP contribution < -0.4 is 5.73 Å². The zero-order valence-corrected chi connectivity index (χ0v) is 10.5. The van der Waals surface area contributed by atoms with Crippen molar-refractivity contribution >= 4 is 0 Å². The Bertz CT molecular complexity index is 378. The van der Waals surface area contributed by atoms with Crippen molar-refractivity contribution in [3.8, 4) is 0 Å². The van der Waals surface area contributed by atoms with E-state index in [1.807, 2.05) is 13.8 Å². The highest BCUT2D eigenvalue weighted by Crippen LogP contribution is 2.34. The fourth-order valence-corrected chi connectivity index (χ4v) is 1.89. The first-order valence-electron chi connectivity index (χ1n) is 5.74. The second kappa shape index (κ2) is 4.36. The van der Waals surface area contributed by atoms with Crippen molar-refractivity contribution in [2.75, 3.05) is 20.3 Å². The van der Waals surface area contributed by atoms with Crippen molar-refractivity contribution in [1.29, 1.82) is 0 Å². The van der Waals surface area contributed by atoms with Crippen LogP contribution in [0.2, 0.25) is 0 Å². The highest BCUT2D eigenvalue weighted by Gasteiger charge is 2.40. The van der Waals surface area contributed by atoms with E-state index in [4.69, 9.17) is 19.7 Å². The quantitative estimate of drug-likeness (QED) is 0.847. The molecule has 1 aromatic heterocycles. The van der Waals surface area contributed by atoms with Crippen LogP contribution in [-0.4, -0.2) is 30.5 Å². The van der Waals surface area contributed by atoms with Crippen LogP contribution in [0.4, 0.5) is 0 Å². The van der Waals surface area contributed by atoms with E-state index >= 15 is 0 Å². The topological polar surface area (TPSA) is 83.4 Å². The lowest BCUT2D eigenvalue weighted by Gasteiger charge is -2.32. The third-order valence-electron chi connectivity index (χ3n) is 3.08. The van der Waals surface area contributed by atoms with Crippen LogP contribution in [0, 0.1) is 0 Å². The van der Waals surface area contributed by atoms with E-state index < -0.39 is 11.1 Å². The Balaban J connectivity index is 2.28. The summed E-state index contributed by atoms with van der Waals surface area (Å²) in [6.45, 7) is 4.94. The lowest BCUT2D eigenvalue weighted by molar-refractivity contribution is -0.101. The summed E-state index contributed by atoms with van der Waals surface area (Å²) in [7, 11) is 1.66. The monoisotopic (exact) mass is 241 g/mol. The molecule has 0 spiro atoms. The van der Waals surface area contributed by atoms with E-state index in [-0.39, 0.29) is 0 Å². The summed E-state index contributed by atoms with van der Waals surface area (Å²) in [6, 6.07) is 0. The van der Waals surface area contributed by atoms with E-state index in [0.29, 0.717) is 24.9 Å². The Morgan fingerprint density at radius 3 is 2.47 bits per heavy atom. The minimum Gasteiger partial charge on any atom is -0.381 e. The molecule has 1 aromatic rings. The maximum atomic E-state index is 5.92. The first kappa shape index (κ1) is 12.5. The fraction of sp³-hybridized carbons (Fsp3) is 0.818. The van der Waals surface area contributed by atoms with Gasteiger partial charge >= 0.3 is 0 Å². The summed E-state index contributed by atoms with van der Waals surface area (Å²) in [5.74, 6) is 0.993. The molecule has 6 heteroatoms. The summed E-state index contributed by atoms with van der Waals surface area (Å²) in [5, 5.41) is 4.00. The molecule has 2 heterocycles. The van der Waals surface area contributed by atoms with E-state index in [0.717, 1.165) is 12.8 Å². The van der Waals surface area contributed by atoms with Gasteiger partial charge in [0.05, 0.1) is 5.54 Å². The van der Waals surface area contributed by atoms with Crippen LogP contribution in [-0.2, 0) is 20.6 Å². The molecule has 0 saturated carbocycles. The summed E-state index contributed by atoms with van der Waals surface area (Å²) in [6.07, 6.45) is 1.46. The molecule has 17 heavy (non-hydrogen) atoms. The number of aromatic nitrogens is 2. The number of hydrogen-bond acceptors (Lipinski definition) is 6. The predicted octanol–water partition coefficient (Wildman–Crippen LogP) is 0.915. The van der Waals surface area contributed by atoms with Gasteiger partial charge in [-0.25, -0.2) is 0 Å². The van der Waals surface area contributed by atoms with Gasteiger partial charge in [-0.2, -0.15) is 4.98 Å². The minimum atomic E-state index is -0.634. The highest BCUT2D eigenvalue weighted by molar-refractivity contribution is 5.06.